The van der Waals surface area contributed by atoms with Crippen LogP contribution in [0.1, 0.15) is 77.3 Å². The molecule has 1 heterocycles. The molecule has 4 heteroatoms. The zero-order chi connectivity index (χ0) is 21.6. The van der Waals surface area contributed by atoms with Crippen molar-refractivity contribution >= 4 is 0 Å². The summed E-state index contributed by atoms with van der Waals surface area (Å²) in [5.74, 6) is 7.12. The van der Waals surface area contributed by atoms with Gasteiger partial charge in [-0.3, -0.25) is 4.68 Å². The van der Waals surface area contributed by atoms with Crippen molar-refractivity contribution in [3.05, 3.63) is 18.0 Å². The fraction of sp³-hybridized carbons (Fsp3) is 0.852. The van der Waals surface area contributed by atoms with Crippen LogP contribution in [0.25, 0.3) is 0 Å². The van der Waals surface area contributed by atoms with E-state index in [2.05, 4.69) is 25.0 Å². The second kappa shape index (κ2) is 8.54. The molecule has 4 aliphatic carbocycles. The third kappa shape index (κ3) is 3.75. The smallest absolute Gasteiger partial charge is 0.162 e. The molecule has 0 radical (unpaired) electrons. The minimum atomic E-state index is 0.506. The lowest BCUT2D eigenvalue weighted by molar-refractivity contribution is -0.0777. The van der Waals surface area contributed by atoms with Gasteiger partial charge in [-0.1, -0.05) is 13.8 Å². The summed E-state index contributed by atoms with van der Waals surface area (Å²) in [6, 6.07) is 4.01. The molecule has 4 aliphatic rings. The molecule has 5 rings (SSSR count). The number of methoxy groups -OCH3 is 1. The summed E-state index contributed by atoms with van der Waals surface area (Å²) in [4.78, 5) is 0. The number of ether oxygens (including phenoxy) is 1. The maximum absolute atomic E-state index is 9.09. The molecule has 0 N–H and O–H groups in total. The van der Waals surface area contributed by atoms with Gasteiger partial charge in [0.15, 0.2) is 5.69 Å². The van der Waals surface area contributed by atoms with Gasteiger partial charge >= 0.3 is 0 Å². The van der Waals surface area contributed by atoms with E-state index in [1.807, 2.05) is 24.1 Å². The summed E-state index contributed by atoms with van der Waals surface area (Å²) < 4.78 is 7.51. The average molecular weight is 424 g/mol. The van der Waals surface area contributed by atoms with Crippen LogP contribution >= 0.6 is 0 Å². The minimum absolute atomic E-state index is 0.506. The highest BCUT2D eigenvalue weighted by atomic mass is 16.5. The molecule has 0 amide bonds. The fourth-order valence-corrected chi connectivity index (χ4v) is 9.26. The van der Waals surface area contributed by atoms with E-state index in [0.29, 0.717) is 17.0 Å². The molecule has 0 unspecified atom stereocenters. The predicted molar refractivity (Wildman–Crippen MR) is 122 cm³/mol. The Morgan fingerprint density at radius 2 is 2.00 bits per heavy atom. The maximum Gasteiger partial charge on any atom is 0.162 e. The number of aromatic nitrogens is 2. The Balaban J connectivity index is 1.27. The van der Waals surface area contributed by atoms with Crippen LogP contribution in [-0.4, -0.2) is 23.5 Å². The van der Waals surface area contributed by atoms with Crippen LogP contribution in [0.2, 0.25) is 0 Å². The highest BCUT2D eigenvalue weighted by Gasteiger charge is 2.57. The molecular formula is C27H41N3O. The lowest BCUT2D eigenvalue weighted by Gasteiger charge is -2.57. The van der Waals surface area contributed by atoms with Gasteiger partial charge in [0.2, 0.25) is 0 Å². The van der Waals surface area contributed by atoms with Gasteiger partial charge in [0.05, 0.1) is 0 Å². The Labute approximate surface area is 188 Å². The monoisotopic (exact) mass is 423 g/mol. The van der Waals surface area contributed by atoms with Crippen LogP contribution in [0.4, 0.5) is 0 Å². The Morgan fingerprint density at radius 3 is 2.77 bits per heavy atom. The van der Waals surface area contributed by atoms with Gasteiger partial charge in [0.1, 0.15) is 6.07 Å². The van der Waals surface area contributed by atoms with Gasteiger partial charge < -0.3 is 4.74 Å². The summed E-state index contributed by atoms with van der Waals surface area (Å²) >= 11 is 0. The first-order chi connectivity index (χ1) is 15.0. The lowest BCUT2D eigenvalue weighted by atomic mass is 9.49. The number of nitrogens with zero attached hydrogens (tertiary/aromatic N) is 3. The van der Waals surface area contributed by atoms with E-state index in [0.717, 1.165) is 54.6 Å². The van der Waals surface area contributed by atoms with Gasteiger partial charge in [-0.2, -0.15) is 10.4 Å². The molecule has 4 nitrogen and oxygen atoms in total. The molecule has 4 saturated carbocycles. The molecule has 9 atom stereocenters. The van der Waals surface area contributed by atoms with Gasteiger partial charge in [0, 0.05) is 26.5 Å². The van der Waals surface area contributed by atoms with Crippen molar-refractivity contribution < 1.29 is 4.74 Å². The van der Waals surface area contributed by atoms with Crippen molar-refractivity contribution in [2.45, 2.75) is 78.2 Å². The van der Waals surface area contributed by atoms with Gasteiger partial charge in [-0.15, -0.1) is 0 Å². The van der Waals surface area contributed by atoms with E-state index in [-0.39, 0.29) is 0 Å². The van der Waals surface area contributed by atoms with E-state index < -0.39 is 0 Å². The first-order valence-electron chi connectivity index (χ1n) is 13.0. The first kappa shape index (κ1) is 21.5. The topological polar surface area (TPSA) is 50.8 Å². The maximum atomic E-state index is 9.09. The zero-order valence-electron chi connectivity index (χ0n) is 19.8. The second-order valence-electron chi connectivity index (χ2n) is 11.8. The summed E-state index contributed by atoms with van der Waals surface area (Å²) in [7, 11) is 1.87. The summed E-state index contributed by atoms with van der Waals surface area (Å²) in [6.07, 6.45) is 15.0. The number of fused-ring (bicyclic) bond motifs is 5. The van der Waals surface area contributed by atoms with Crippen LogP contribution in [-0.2, 0) is 11.3 Å². The number of nitriles is 1. The molecule has 1 aromatic heterocycles. The van der Waals surface area contributed by atoms with Crippen LogP contribution in [0.5, 0.6) is 0 Å². The minimum Gasteiger partial charge on any atom is -0.384 e. The van der Waals surface area contributed by atoms with Crippen LogP contribution in [0.3, 0.4) is 0 Å². The van der Waals surface area contributed by atoms with Crippen molar-refractivity contribution in [2.24, 2.45) is 52.8 Å². The normalized spacial score (nSPS) is 42.8. The Kier molecular flexibility index (Phi) is 5.93. The van der Waals surface area contributed by atoms with E-state index in [1.54, 1.807) is 0 Å². The number of hydrogen-bond acceptors (Lipinski definition) is 3. The molecule has 0 spiro atoms. The highest BCUT2D eigenvalue weighted by Crippen LogP contribution is 2.65. The highest BCUT2D eigenvalue weighted by molar-refractivity contribution is 5.16. The van der Waals surface area contributed by atoms with Crippen LogP contribution in [0, 0.1) is 64.1 Å². The molecule has 31 heavy (non-hydrogen) atoms. The molecular weight excluding hydrogens is 382 g/mol. The van der Waals surface area contributed by atoms with Gasteiger partial charge in [-0.05, 0) is 117 Å². The van der Waals surface area contributed by atoms with E-state index in [1.165, 1.54) is 57.8 Å². The predicted octanol–water partition coefficient (Wildman–Crippen LogP) is 5.92. The number of hydrogen-bond donors (Lipinski definition) is 0. The lowest BCUT2D eigenvalue weighted by Crippen LogP contribution is -2.49. The third-order valence-corrected chi connectivity index (χ3v) is 10.5. The van der Waals surface area contributed by atoms with E-state index >= 15 is 0 Å². The van der Waals surface area contributed by atoms with Gasteiger partial charge in [0.25, 0.3) is 0 Å². The van der Waals surface area contributed by atoms with Crippen molar-refractivity contribution in [3.8, 4) is 6.07 Å². The average Bonchev–Trinajstić information content (AvgIpc) is 3.37. The molecule has 1 aromatic rings. The third-order valence-electron chi connectivity index (χ3n) is 10.5. The molecule has 0 aliphatic heterocycles. The Bertz CT molecular complexity index is 812. The van der Waals surface area contributed by atoms with E-state index in [4.69, 9.17) is 10.00 Å². The zero-order valence-corrected chi connectivity index (χ0v) is 19.8. The standard InChI is InChI=1S/C27H41N3O/c1-18(16-30-13-11-21(15-28)29-30)25-8-9-26-24-7-5-20-14-19(17-31-3)4-6-22(20)23(24)10-12-27(25,26)2/h11,13,18-20,22-26H,4-10,12,14,16-17H2,1-3H3/t18-,19+,20-,22+,23-,24-,25-,26+,27-/m1/s1. The summed E-state index contributed by atoms with van der Waals surface area (Å²) in [5.41, 5.74) is 1.05. The summed E-state index contributed by atoms with van der Waals surface area (Å²) in [5, 5.41) is 13.5. The van der Waals surface area contributed by atoms with Crippen LogP contribution < -0.4 is 0 Å². The second-order valence-corrected chi connectivity index (χ2v) is 11.8. The first-order valence-corrected chi connectivity index (χ1v) is 13.0. The fourth-order valence-electron chi connectivity index (χ4n) is 9.26. The largest absolute Gasteiger partial charge is 0.384 e. The quantitative estimate of drug-likeness (QED) is 0.590. The SMILES string of the molecule is COC[C@H]1CC[C@H]2[C@H](CC[C@@H]3[C@@H]2CC[C@]2(C)[C@@H]([C@H](C)Cn4ccc(C#N)n4)CC[C@@H]32)C1. The Hall–Kier alpha value is -1.34. The molecule has 4 fully saturated rings. The molecule has 0 saturated heterocycles. The Morgan fingerprint density at radius 1 is 1.16 bits per heavy atom. The number of rotatable bonds is 5. The van der Waals surface area contributed by atoms with Crippen molar-refractivity contribution in [1.82, 2.24) is 9.78 Å². The molecule has 170 valence electrons. The molecule has 0 bridgehead atoms. The van der Waals surface area contributed by atoms with Gasteiger partial charge in [-0.25, -0.2) is 0 Å². The van der Waals surface area contributed by atoms with Crippen molar-refractivity contribution in [1.29, 1.82) is 5.26 Å². The van der Waals surface area contributed by atoms with Crippen molar-refractivity contribution in [2.75, 3.05) is 13.7 Å². The summed E-state index contributed by atoms with van der Waals surface area (Å²) in [6.45, 7) is 7.01. The molecule has 0 aromatic carbocycles. The van der Waals surface area contributed by atoms with Crippen molar-refractivity contribution in [3.63, 3.8) is 0 Å². The van der Waals surface area contributed by atoms with Crippen LogP contribution in [0.15, 0.2) is 12.3 Å². The van der Waals surface area contributed by atoms with E-state index in [9.17, 15) is 0 Å².